The molecule has 0 spiro atoms. The third kappa shape index (κ3) is 4.25. The van der Waals surface area contributed by atoms with Crippen molar-refractivity contribution in [2.75, 3.05) is 16.8 Å². The zero-order chi connectivity index (χ0) is 20.1. The molecule has 0 saturated carbocycles. The summed E-state index contributed by atoms with van der Waals surface area (Å²) in [6, 6.07) is 30.1. The highest BCUT2D eigenvalue weighted by atomic mass is 16.5. The fraction of sp³-hybridized carbons (Fsp3) is 0. The third-order valence-electron chi connectivity index (χ3n) is 4.29. The van der Waals surface area contributed by atoms with E-state index >= 15 is 0 Å². The van der Waals surface area contributed by atoms with Gasteiger partial charge in [-0.05, 0) is 48.5 Å². The summed E-state index contributed by atoms with van der Waals surface area (Å²) >= 11 is 0. The fourth-order valence-corrected chi connectivity index (χ4v) is 2.89. The molecule has 0 aliphatic heterocycles. The molecule has 0 radical (unpaired) electrons. The lowest BCUT2D eigenvalue weighted by atomic mass is 10.2. The van der Waals surface area contributed by atoms with Crippen LogP contribution in [0.1, 0.15) is 0 Å². The van der Waals surface area contributed by atoms with Gasteiger partial charge in [0, 0.05) is 0 Å². The van der Waals surface area contributed by atoms with Gasteiger partial charge < -0.3 is 26.3 Å². The van der Waals surface area contributed by atoms with E-state index in [0.29, 0.717) is 45.7 Å². The molecule has 4 aromatic rings. The monoisotopic (exact) mass is 383 g/mol. The average Bonchev–Trinajstić information content (AvgIpc) is 2.74. The summed E-state index contributed by atoms with van der Waals surface area (Å²) in [5, 5.41) is 3.35. The van der Waals surface area contributed by atoms with Gasteiger partial charge in [-0.15, -0.1) is 0 Å². The van der Waals surface area contributed by atoms with Crippen molar-refractivity contribution < 1.29 is 9.47 Å². The van der Waals surface area contributed by atoms with E-state index in [1.807, 2.05) is 84.9 Å². The van der Waals surface area contributed by atoms with Crippen LogP contribution in [0.3, 0.4) is 0 Å². The second kappa shape index (κ2) is 8.27. The fourth-order valence-electron chi connectivity index (χ4n) is 2.89. The second-order valence-corrected chi connectivity index (χ2v) is 6.40. The molecule has 0 fully saturated rings. The summed E-state index contributed by atoms with van der Waals surface area (Å²) in [6.45, 7) is 0. The molecule has 5 heteroatoms. The molecule has 0 aliphatic carbocycles. The van der Waals surface area contributed by atoms with Crippen LogP contribution in [-0.2, 0) is 0 Å². The van der Waals surface area contributed by atoms with Gasteiger partial charge in [0.2, 0.25) is 0 Å². The van der Waals surface area contributed by atoms with Gasteiger partial charge in [0.15, 0.2) is 11.5 Å². The normalized spacial score (nSPS) is 10.3. The van der Waals surface area contributed by atoms with Crippen LogP contribution in [0.5, 0.6) is 23.0 Å². The number of hydrogen-bond acceptors (Lipinski definition) is 5. The minimum Gasteiger partial charge on any atom is -0.453 e. The van der Waals surface area contributed by atoms with Crippen LogP contribution in [0.25, 0.3) is 0 Å². The van der Waals surface area contributed by atoms with E-state index < -0.39 is 0 Å². The summed E-state index contributed by atoms with van der Waals surface area (Å²) in [5.74, 6) is 2.46. The highest BCUT2D eigenvalue weighted by molar-refractivity contribution is 5.80. The van der Waals surface area contributed by atoms with Gasteiger partial charge in [0.25, 0.3) is 0 Å². The van der Waals surface area contributed by atoms with E-state index in [-0.39, 0.29) is 0 Å². The highest BCUT2D eigenvalue weighted by Crippen LogP contribution is 2.41. The molecule has 29 heavy (non-hydrogen) atoms. The molecule has 0 aliphatic rings. The summed E-state index contributed by atoms with van der Waals surface area (Å²) in [4.78, 5) is 0. The van der Waals surface area contributed by atoms with Gasteiger partial charge in [-0.3, -0.25) is 0 Å². The van der Waals surface area contributed by atoms with Crippen LogP contribution >= 0.6 is 0 Å². The molecule has 5 nitrogen and oxygen atoms in total. The first-order valence-electron chi connectivity index (χ1n) is 9.20. The number of rotatable bonds is 6. The number of ether oxygens (including phenoxy) is 2. The van der Waals surface area contributed by atoms with Gasteiger partial charge in [-0.2, -0.15) is 0 Å². The third-order valence-corrected chi connectivity index (χ3v) is 4.29. The Kier molecular flexibility index (Phi) is 5.21. The Hall–Kier alpha value is -4.12. The quantitative estimate of drug-likeness (QED) is 0.346. The van der Waals surface area contributed by atoms with Crippen molar-refractivity contribution in [3.63, 3.8) is 0 Å². The van der Waals surface area contributed by atoms with Crippen LogP contribution in [0.2, 0.25) is 0 Å². The maximum absolute atomic E-state index is 6.19. The van der Waals surface area contributed by atoms with Crippen molar-refractivity contribution in [2.24, 2.45) is 0 Å². The maximum Gasteiger partial charge on any atom is 0.173 e. The molecule has 0 aromatic heterocycles. The maximum atomic E-state index is 6.19. The molecule has 0 unspecified atom stereocenters. The minimum atomic E-state index is 0.522. The van der Waals surface area contributed by atoms with E-state index in [0.717, 1.165) is 0 Å². The van der Waals surface area contributed by atoms with E-state index in [1.54, 1.807) is 12.1 Å². The van der Waals surface area contributed by atoms with Crippen molar-refractivity contribution in [3.8, 4) is 23.0 Å². The lowest BCUT2D eigenvalue weighted by Gasteiger charge is -2.18. The van der Waals surface area contributed by atoms with Crippen molar-refractivity contribution in [2.45, 2.75) is 0 Å². The van der Waals surface area contributed by atoms with Gasteiger partial charge >= 0.3 is 0 Å². The SMILES string of the molecule is Nc1cccc(Nc2cccc(N)c2Oc2ccccc2)c1Oc1ccccc1. The second-order valence-electron chi connectivity index (χ2n) is 6.40. The molecule has 0 heterocycles. The van der Waals surface area contributed by atoms with E-state index in [1.165, 1.54) is 0 Å². The molecule has 0 atom stereocenters. The number of anilines is 4. The van der Waals surface area contributed by atoms with Crippen LogP contribution in [-0.4, -0.2) is 0 Å². The summed E-state index contributed by atoms with van der Waals surface area (Å²) in [5.41, 5.74) is 14.8. The molecule has 0 amide bonds. The van der Waals surface area contributed by atoms with Crippen molar-refractivity contribution in [1.82, 2.24) is 0 Å². The number of hydrogen-bond donors (Lipinski definition) is 3. The summed E-state index contributed by atoms with van der Waals surface area (Å²) in [7, 11) is 0. The molecule has 5 N–H and O–H groups in total. The van der Waals surface area contributed by atoms with Gasteiger partial charge in [0.1, 0.15) is 11.5 Å². The van der Waals surface area contributed by atoms with E-state index in [9.17, 15) is 0 Å². The van der Waals surface area contributed by atoms with Crippen LogP contribution in [0.15, 0.2) is 97.1 Å². The smallest absolute Gasteiger partial charge is 0.173 e. The molecule has 0 saturated heterocycles. The summed E-state index contributed by atoms with van der Waals surface area (Å²) in [6.07, 6.45) is 0. The molecule has 4 rings (SSSR count). The molecule has 144 valence electrons. The highest BCUT2D eigenvalue weighted by Gasteiger charge is 2.14. The zero-order valence-electron chi connectivity index (χ0n) is 15.7. The van der Waals surface area contributed by atoms with E-state index in [2.05, 4.69) is 5.32 Å². The van der Waals surface area contributed by atoms with Crippen LogP contribution in [0, 0.1) is 0 Å². The lowest BCUT2D eigenvalue weighted by molar-refractivity contribution is 0.484. The van der Waals surface area contributed by atoms with Gasteiger partial charge in [-0.1, -0.05) is 48.5 Å². The Morgan fingerprint density at radius 2 is 0.897 bits per heavy atom. The Morgan fingerprint density at radius 1 is 0.483 bits per heavy atom. The number of para-hydroxylation sites is 4. The Morgan fingerprint density at radius 3 is 1.31 bits per heavy atom. The predicted molar refractivity (Wildman–Crippen MR) is 118 cm³/mol. The Labute approximate surface area is 169 Å². The molecular weight excluding hydrogens is 362 g/mol. The Balaban J connectivity index is 1.68. The van der Waals surface area contributed by atoms with Crippen molar-refractivity contribution in [1.29, 1.82) is 0 Å². The number of nitrogen functional groups attached to an aromatic ring is 2. The van der Waals surface area contributed by atoms with Crippen molar-refractivity contribution in [3.05, 3.63) is 97.1 Å². The number of nitrogens with two attached hydrogens (primary N) is 2. The average molecular weight is 383 g/mol. The molecule has 4 aromatic carbocycles. The zero-order valence-corrected chi connectivity index (χ0v) is 15.7. The van der Waals surface area contributed by atoms with Crippen LogP contribution in [0.4, 0.5) is 22.7 Å². The van der Waals surface area contributed by atoms with Gasteiger partial charge in [0.05, 0.1) is 22.7 Å². The van der Waals surface area contributed by atoms with Crippen molar-refractivity contribution >= 4 is 22.7 Å². The first-order chi connectivity index (χ1) is 14.2. The van der Waals surface area contributed by atoms with E-state index in [4.69, 9.17) is 20.9 Å². The largest absolute Gasteiger partial charge is 0.453 e. The first-order valence-corrected chi connectivity index (χ1v) is 9.20. The predicted octanol–water partition coefficient (Wildman–Crippen LogP) is 6.18. The molecular formula is C24H21N3O2. The summed E-state index contributed by atoms with van der Waals surface area (Å²) < 4.78 is 12.1. The van der Waals surface area contributed by atoms with Crippen LogP contribution < -0.4 is 26.3 Å². The number of nitrogens with one attached hydrogen (secondary N) is 1. The number of benzene rings is 4. The minimum absolute atomic E-state index is 0.522. The molecule has 0 bridgehead atoms. The Bertz CT molecular complexity index is 1010. The standard InChI is InChI=1S/C24H21N3O2/c25-19-13-7-15-21(23(19)28-17-9-3-1-4-10-17)27-22-16-8-14-20(26)24(22)29-18-11-5-2-6-12-18/h1-16,27H,25-26H2. The topological polar surface area (TPSA) is 82.5 Å². The first kappa shape index (κ1) is 18.3. The lowest BCUT2D eigenvalue weighted by Crippen LogP contribution is -2.01. The van der Waals surface area contributed by atoms with Gasteiger partial charge in [-0.25, -0.2) is 0 Å².